The summed E-state index contributed by atoms with van der Waals surface area (Å²) in [5.41, 5.74) is 4.71. The highest BCUT2D eigenvalue weighted by Crippen LogP contribution is 1.63. The van der Waals surface area contributed by atoms with Crippen LogP contribution in [-0.2, 0) is 10.4 Å². The van der Waals surface area contributed by atoms with E-state index in [0.29, 0.717) is 0 Å². The SMILES string of the molecule is NC(=S)S.O=S(=O)(O)O. The van der Waals surface area contributed by atoms with Gasteiger partial charge in [-0.3, -0.25) is 9.11 Å². The van der Waals surface area contributed by atoms with Crippen LogP contribution in [0.1, 0.15) is 0 Å². The van der Waals surface area contributed by atoms with E-state index in [1.807, 2.05) is 0 Å². The lowest BCUT2D eigenvalue weighted by molar-refractivity contribution is 0.381. The van der Waals surface area contributed by atoms with E-state index in [1.165, 1.54) is 0 Å². The first kappa shape index (κ1) is 11.9. The molecule has 0 heterocycles. The quantitative estimate of drug-likeness (QED) is 0.234. The molecule has 0 aliphatic rings. The second kappa shape index (κ2) is 4.94. The molecule has 0 bridgehead atoms. The number of hydrogen-bond donors (Lipinski definition) is 4. The molecule has 0 unspecified atom stereocenters. The average molecular weight is 191 g/mol. The Morgan fingerprint density at radius 3 is 1.56 bits per heavy atom. The Morgan fingerprint density at radius 1 is 1.56 bits per heavy atom. The van der Waals surface area contributed by atoms with Crippen molar-refractivity contribution in [3.8, 4) is 0 Å². The highest BCUT2D eigenvalue weighted by atomic mass is 32.3. The van der Waals surface area contributed by atoms with E-state index in [-0.39, 0.29) is 4.32 Å². The van der Waals surface area contributed by atoms with Crippen molar-refractivity contribution >= 4 is 39.6 Å². The van der Waals surface area contributed by atoms with E-state index in [2.05, 4.69) is 24.8 Å². The molecule has 0 rings (SSSR count). The summed E-state index contributed by atoms with van der Waals surface area (Å²) in [4.78, 5) is 0. The Labute approximate surface area is 63.2 Å². The van der Waals surface area contributed by atoms with Crippen LogP contribution in [0.3, 0.4) is 0 Å². The molecule has 0 saturated carbocycles. The van der Waals surface area contributed by atoms with Gasteiger partial charge in [0.15, 0.2) is 0 Å². The summed E-state index contributed by atoms with van der Waals surface area (Å²) in [6.45, 7) is 0. The maximum atomic E-state index is 8.74. The van der Waals surface area contributed by atoms with Crippen molar-refractivity contribution in [2.75, 3.05) is 0 Å². The molecule has 8 heteroatoms. The molecule has 0 radical (unpaired) electrons. The van der Waals surface area contributed by atoms with Crippen LogP contribution in [0.2, 0.25) is 0 Å². The Kier molecular flexibility index (Phi) is 6.51. The zero-order valence-electron chi connectivity index (χ0n) is 4.05. The fraction of sp³-hybridized carbons (Fsp3) is 0. The van der Waals surface area contributed by atoms with Crippen molar-refractivity contribution in [3.05, 3.63) is 0 Å². The van der Waals surface area contributed by atoms with E-state index in [4.69, 9.17) is 23.3 Å². The van der Waals surface area contributed by atoms with Crippen molar-refractivity contribution in [1.29, 1.82) is 0 Å². The minimum Gasteiger partial charge on any atom is -0.385 e. The maximum absolute atomic E-state index is 8.74. The number of rotatable bonds is 0. The van der Waals surface area contributed by atoms with Gasteiger partial charge in [0.2, 0.25) is 0 Å². The van der Waals surface area contributed by atoms with Crippen molar-refractivity contribution in [3.63, 3.8) is 0 Å². The molecule has 0 saturated heterocycles. The van der Waals surface area contributed by atoms with Gasteiger partial charge >= 0.3 is 10.4 Å². The molecule has 4 N–H and O–H groups in total. The lowest BCUT2D eigenvalue weighted by atomic mass is 11.5. The van der Waals surface area contributed by atoms with Gasteiger partial charge in [-0.15, -0.1) is 12.6 Å². The molecule has 0 atom stereocenters. The van der Waals surface area contributed by atoms with E-state index in [9.17, 15) is 0 Å². The van der Waals surface area contributed by atoms with Crippen LogP contribution in [0, 0.1) is 0 Å². The molecule has 0 aliphatic carbocycles. The molecule has 0 aromatic heterocycles. The molecule has 56 valence electrons. The molecular formula is CH5NO4S3. The predicted molar refractivity (Wildman–Crippen MR) is 39.9 cm³/mol. The summed E-state index contributed by atoms with van der Waals surface area (Å²) in [5, 5.41) is 0. The van der Waals surface area contributed by atoms with Crippen LogP contribution in [-0.4, -0.2) is 21.8 Å². The third-order valence-corrected chi connectivity index (χ3v) is 0. The Hall–Kier alpha value is 0.110. The van der Waals surface area contributed by atoms with Crippen molar-refractivity contribution in [2.24, 2.45) is 5.73 Å². The number of thiol groups is 1. The van der Waals surface area contributed by atoms with Crippen LogP contribution in [0.5, 0.6) is 0 Å². The number of hydrogen-bond acceptors (Lipinski definition) is 3. The van der Waals surface area contributed by atoms with Gasteiger partial charge in [0.25, 0.3) is 0 Å². The highest BCUT2D eigenvalue weighted by Gasteiger charge is 1.84. The van der Waals surface area contributed by atoms with E-state index >= 15 is 0 Å². The van der Waals surface area contributed by atoms with Gasteiger partial charge in [-0.1, -0.05) is 12.2 Å². The van der Waals surface area contributed by atoms with Gasteiger partial charge in [0.1, 0.15) is 4.32 Å². The highest BCUT2D eigenvalue weighted by molar-refractivity contribution is 8.10. The van der Waals surface area contributed by atoms with Crippen LogP contribution in [0.4, 0.5) is 0 Å². The fourth-order valence-electron chi connectivity index (χ4n) is 0. The number of thiocarbonyl (C=S) groups is 1. The Morgan fingerprint density at radius 2 is 1.56 bits per heavy atom. The lowest BCUT2D eigenvalue weighted by Crippen LogP contribution is -1.94. The van der Waals surface area contributed by atoms with Crippen molar-refractivity contribution in [2.45, 2.75) is 0 Å². The van der Waals surface area contributed by atoms with Crippen LogP contribution < -0.4 is 5.73 Å². The van der Waals surface area contributed by atoms with Crippen LogP contribution >= 0.6 is 24.8 Å². The normalized spacial score (nSPS) is 9.22. The topological polar surface area (TPSA) is 101 Å². The first-order valence-electron chi connectivity index (χ1n) is 1.41. The van der Waals surface area contributed by atoms with Crippen molar-refractivity contribution in [1.82, 2.24) is 0 Å². The molecule has 9 heavy (non-hydrogen) atoms. The molecule has 0 aromatic carbocycles. The van der Waals surface area contributed by atoms with E-state index in [0.717, 1.165) is 0 Å². The summed E-state index contributed by atoms with van der Waals surface area (Å²) in [7, 11) is -4.67. The summed E-state index contributed by atoms with van der Waals surface area (Å²) in [6, 6.07) is 0. The molecule has 0 aliphatic heterocycles. The smallest absolute Gasteiger partial charge is 0.385 e. The standard InChI is InChI=1S/CH3NS2.H2O4S/c2-1(3)4;1-5(2,3)4/h(H3,2,3,4);(H2,1,2,3,4). The largest absolute Gasteiger partial charge is 0.394 e. The predicted octanol–water partition coefficient (Wildman–Crippen LogP) is -0.493. The minimum absolute atomic E-state index is 0.194. The van der Waals surface area contributed by atoms with E-state index in [1.54, 1.807) is 0 Å². The summed E-state index contributed by atoms with van der Waals surface area (Å²) >= 11 is 7.65. The van der Waals surface area contributed by atoms with Crippen LogP contribution in [0.25, 0.3) is 0 Å². The third kappa shape index (κ3) is 25000. The van der Waals surface area contributed by atoms with Gasteiger partial charge in [0.05, 0.1) is 0 Å². The lowest BCUT2D eigenvalue weighted by Gasteiger charge is -1.68. The molecular weight excluding hydrogens is 186 g/mol. The summed E-state index contributed by atoms with van der Waals surface area (Å²) in [5.74, 6) is 0. The molecule has 0 fully saturated rings. The summed E-state index contributed by atoms with van der Waals surface area (Å²) < 4.78 is 31.8. The summed E-state index contributed by atoms with van der Waals surface area (Å²) in [6.07, 6.45) is 0. The zero-order chi connectivity index (χ0) is 8.08. The van der Waals surface area contributed by atoms with Crippen LogP contribution in [0.15, 0.2) is 0 Å². The first-order chi connectivity index (χ1) is 3.73. The zero-order valence-corrected chi connectivity index (χ0v) is 6.58. The Bertz CT molecular complexity index is 158. The monoisotopic (exact) mass is 191 g/mol. The minimum atomic E-state index is -4.67. The Balaban J connectivity index is 0. The van der Waals surface area contributed by atoms with Gasteiger partial charge in [-0.05, 0) is 0 Å². The van der Waals surface area contributed by atoms with Gasteiger partial charge in [-0.2, -0.15) is 8.42 Å². The fourth-order valence-corrected chi connectivity index (χ4v) is 0. The molecule has 5 nitrogen and oxygen atoms in total. The van der Waals surface area contributed by atoms with E-state index < -0.39 is 10.4 Å². The van der Waals surface area contributed by atoms with Gasteiger partial charge < -0.3 is 5.73 Å². The average Bonchev–Trinajstić information content (AvgIpc) is 1.19. The maximum Gasteiger partial charge on any atom is 0.394 e. The number of nitrogens with two attached hydrogens (primary N) is 1. The van der Waals surface area contributed by atoms with Gasteiger partial charge in [-0.25, -0.2) is 0 Å². The second-order valence-electron chi connectivity index (χ2n) is 0.786. The van der Waals surface area contributed by atoms with Gasteiger partial charge in [0, 0.05) is 0 Å². The molecule has 0 amide bonds. The molecule has 0 aromatic rings. The second-order valence-corrected chi connectivity index (χ2v) is 2.91. The third-order valence-electron chi connectivity index (χ3n) is 0. The molecule has 0 spiro atoms. The van der Waals surface area contributed by atoms with Crippen molar-refractivity contribution < 1.29 is 17.5 Å². The first-order valence-corrected chi connectivity index (χ1v) is 3.67.